The fourth-order valence-corrected chi connectivity index (χ4v) is 1.25. The fraction of sp³-hybridized carbons (Fsp3) is 0.333. The summed E-state index contributed by atoms with van der Waals surface area (Å²) in [4.78, 5) is 0. The molecular formula is C6H7Cl2N. The Bertz CT molecular complexity index is 205. The van der Waals surface area contributed by atoms with Gasteiger partial charge in [0, 0.05) is 12.7 Å². The molecule has 0 aromatic carbocycles. The third-order valence-corrected chi connectivity index (χ3v) is 1.68. The molecule has 1 aromatic heterocycles. The van der Waals surface area contributed by atoms with Crippen LogP contribution >= 0.6 is 23.2 Å². The quantitative estimate of drug-likeness (QED) is 0.601. The highest BCUT2D eigenvalue weighted by Gasteiger charge is 1.97. The molecule has 1 rings (SSSR count). The van der Waals surface area contributed by atoms with Crippen molar-refractivity contribution in [2.75, 3.05) is 0 Å². The minimum atomic E-state index is 0.696. The van der Waals surface area contributed by atoms with Gasteiger partial charge < -0.3 is 4.57 Å². The lowest BCUT2D eigenvalue weighted by Crippen LogP contribution is -1.88. The highest BCUT2D eigenvalue weighted by molar-refractivity contribution is 6.34. The number of aromatic nitrogens is 1. The lowest BCUT2D eigenvalue weighted by molar-refractivity contribution is 0.770. The molecule has 3 heteroatoms. The molecule has 0 unspecified atom stereocenters. The average Bonchev–Trinajstić information content (AvgIpc) is 2.10. The Balaban J connectivity index is 3.01. The maximum Gasteiger partial charge on any atom is 0.110 e. The smallest absolute Gasteiger partial charge is 0.110 e. The van der Waals surface area contributed by atoms with E-state index in [1.165, 1.54) is 0 Å². The third kappa shape index (κ3) is 1.41. The second-order valence-corrected chi connectivity index (χ2v) is 2.59. The van der Waals surface area contributed by atoms with Crippen molar-refractivity contribution in [3.63, 3.8) is 0 Å². The normalized spacial score (nSPS) is 10.1. The largest absolute Gasteiger partial charge is 0.338 e. The summed E-state index contributed by atoms with van der Waals surface area (Å²) in [5.74, 6) is 0. The van der Waals surface area contributed by atoms with Gasteiger partial charge >= 0.3 is 0 Å². The number of aryl methyl sites for hydroxylation is 1. The third-order valence-electron chi connectivity index (χ3n) is 1.15. The van der Waals surface area contributed by atoms with E-state index in [9.17, 15) is 0 Å². The molecule has 0 aliphatic heterocycles. The molecule has 0 saturated heterocycles. The van der Waals surface area contributed by atoms with Gasteiger partial charge in [-0.25, -0.2) is 0 Å². The second kappa shape index (κ2) is 2.63. The fourth-order valence-electron chi connectivity index (χ4n) is 0.687. The highest BCUT2D eigenvalue weighted by atomic mass is 35.5. The Hall–Kier alpha value is -0.140. The van der Waals surface area contributed by atoms with E-state index >= 15 is 0 Å². The van der Waals surface area contributed by atoms with E-state index in [0.29, 0.717) is 10.2 Å². The van der Waals surface area contributed by atoms with Crippen LogP contribution in [-0.4, -0.2) is 4.57 Å². The number of rotatable bonds is 1. The van der Waals surface area contributed by atoms with Crippen LogP contribution < -0.4 is 0 Å². The van der Waals surface area contributed by atoms with Crippen molar-refractivity contribution >= 4 is 23.2 Å². The van der Waals surface area contributed by atoms with Gasteiger partial charge in [-0.1, -0.05) is 23.2 Å². The maximum atomic E-state index is 5.72. The lowest BCUT2D eigenvalue weighted by atomic mass is 10.7. The summed E-state index contributed by atoms with van der Waals surface area (Å²) >= 11 is 11.4. The molecule has 0 aliphatic carbocycles. The summed E-state index contributed by atoms with van der Waals surface area (Å²) in [6, 6.07) is 1.73. The van der Waals surface area contributed by atoms with Crippen LogP contribution in [-0.2, 0) is 6.54 Å². The molecule has 0 fully saturated rings. The molecular weight excluding hydrogens is 157 g/mol. The van der Waals surface area contributed by atoms with Gasteiger partial charge in [-0.05, 0) is 13.0 Å². The zero-order chi connectivity index (χ0) is 6.85. The van der Waals surface area contributed by atoms with Gasteiger partial charge in [0.05, 0.1) is 5.02 Å². The van der Waals surface area contributed by atoms with Crippen LogP contribution in [0.2, 0.25) is 10.2 Å². The van der Waals surface area contributed by atoms with Crippen molar-refractivity contribution in [1.29, 1.82) is 0 Å². The molecule has 0 atom stereocenters. The molecule has 1 nitrogen and oxygen atoms in total. The Kier molecular flexibility index (Phi) is 2.04. The summed E-state index contributed by atoms with van der Waals surface area (Å²) in [7, 11) is 0. The lowest BCUT2D eigenvalue weighted by Gasteiger charge is -1.95. The summed E-state index contributed by atoms with van der Waals surface area (Å²) in [6.07, 6.45) is 1.81. The molecule has 50 valence electrons. The van der Waals surface area contributed by atoms with E-state index in [1.54, 1.807) is 6.07 Å². The van der Waals surface area contributed by atoms with E-state index in [-0.39, 0.29) is 0 Å². The van der Waals surface area contributed by atoms with Gasteiger partial charge in [-0.2, -0.15) is 0 Å². The van der Waals surface area contributed by atoms with Crippen LogP contribution in [0.25, 0.3) is 0 Å². The zero-order valence-corrected chi connectivity index (χ0v) is 6.58. The first-order chi connectivity index (χ1) is 4.24. The predicted octanol–water partition coefficient (Wildman–Crippen LogP) is 2.81. The van der Waals surface area contributed by atoms with Crippen LogP contribution in [0.1, 0.15) is 6.92 Å². The molecule has 1 aromatic rings. The second-order valence-electron chi connectivity index (χ2n) is 1.77. The number of hydrogen-bond donors (Lipinski definition) is 0. The summed E-state index contributed by atoms with van der Waals surface area (Å²) in [5, 5.41) is 1.39. The van der Waals surface area contributed by atoms with Gasteiger partial charge in [0.25, 0.3) is 0 Å². The molecule has 0 spiro atoms. The van der Waals surface area contributed by atoms with Crippen LogP contribution in [0, 0.1) is 0 Å². The molecule has 1 heterocycles. The first-order valence-electron chi connectivity index (χ1n) is 2.75. The molecule has 0 saturated carbocycles. The summed E-state index contributed by atoms with van der Waals surface area (Å²) in [5.41, 5.74) is 0. The number of hydrogen-bond acceptors (Lipinski definition) is 0. The van der Waals surface area contributed by atoms with Crippen molar-refractivity contribution in [2.24, 2.45) is 0 Å². The van der Waals surface area contributed by atoms with Gasteiger partial charge in [0.2, 0.25) is 0 Å². The molecule has 0 aliphatic rings. The molecule has 0 radical (unpaired) electrons. The van der Waals surface area contributed by atoms with Gasteiger partial charge in [-0.15, -0.1) is 0 Å². The Morgan fingerprint density at radius 3 is 2.44 bits per heavy atom. The van der Waals surface area contributed by atoms with Crippen molar-refractivity contribution in [1.82, 2.24) is 4.57 Å². The minimum Gasteiger partial charge on any atom is -0.338 e. The average molecular weight is 164 g/mol. The number of nitrogens with zero attached hydrogens (tertiary/aromatic N) is 1. The topological polar surface area (TPSA) is 4.93 Å². The molecule has 0 bridgehead atoms. The number of halogens is 2. The molecule has 0 N–H and O–H groups in total. The van der Waals surface area contributed by atoms with Crippen LogP contribution in [0.5, 0.6) is 0 Å². The highest BCUT2D eigenvalue weighted by Crippen LogP contribution is 2.17. The molecule has 0 amide bonds. The summed E-state index contributed by atoms with van der Waals surface area (Å²) in [6.45, 7) is 2.88. The van der Waals surface area contributed by atoms with Gasteiger partial charge in [0.15, 0.2) is 0 Å². The summed E-state index contributed by atoms with van der Waals surface area (Å²) < 4.78 is 1.88. The molecule has 9 heavy (non-hydrogen) atoms. The van der Waals surface area contributed by atoms with Gasteiger partial charge in [0.1, 0.15) is 5.15 Å². The first kappa shape index (κ1) is 6.97. The first-order valence-corrected chi connectivity index (χ1v) is 3.51. The predicted molar refractivity (Wildman–Crippen MR) is 40.1 cm³/mol. The van der Waals surface area contributed by atoms with Gasteiger partial charge in [-0.3, -0.25) is 0 Å². The van der Waals surface area contributed by atoms with E-state index in [0.717, 1.165) is 6.54 Å². The standard InChI is InChI=1S/C6H7Cl2N/c1-2-9-4-5(7)3-6(9)8/h3-4H,2H2,1H3. The van der Waals surface area contributed by atoms with Crippen LogP contribution in [0.4, 0.5) is 0 Å². The van der Waals surface area contributed by atoms with Crippen molar-refractivity contribution in [2.45, 2.75) is 13.5 Å². The van der Waals surface area contributed by atoms with Crippen molar-refractivity contribution in [3.8, 4) is 0 Å². The van der Waals surface area contributed by atoms with E-state index in [1.807, 2.05) is 17.7 Å². The van der Waals surface area contributed by atoms with Crippen LogP contribution in [0.15, 0.2) is 12.3 Å². The van der Waals surface area contributed by atoms with E-state index < -0.39 is 0 Å². The Morgan fingerprint density at radius 2 is 2.22 bits per heavy atom. The van der Waals surface area contributed by atoms with Crippen molar-refractivity contribution < 1.29 is 0 Å². The Labute approximate surface area is 64.2 Å². The minimum absolute atomic E-state index is 0.696. The zero-order valence-electron chi connectivity index (χ0n) is 5.06. The van der Waals surface area contributed by atoms with E-state index in [2.05, 4.69) is 0 Å². The maximum absolute atomic E-state index is 5.72. The van der Waals surface area contributed by atoms with Crippen molar-refractivity contribution in [3.05, 3.63) is 22.4 Å². The Morgan fingerprint density at radius 1 is 1.56 bits per heavy atom. The van der Waals surface area contributed by atoms with E-state index in [4.69, 9.17) is 23.2 Å². The SMILES string of the molecule is CCn1cc(Cl)cc1Cl. The van der Waals surface area contributed by atoms with Crippen LogP contribution in [0.3, 0.4) is 0 Å². The monoisotopic (exact) mass is 163 g/mol.